The van der Waals surface area contributed by atoms with Gasteiger partial charge >= 0.3 is 6.03 Å². The lowest BCUT2D eigenvalue weighted by molar-refractivity contribution is 0.139. The third-order valence-electron chi connectivity index (χ3n) is 4.86. The molecule has 1 fully saturated rings. The van der Waals surface area contributed by atoms with Crippen LogP contribution >= 0.6 is 11.6 Å². The fraction of sp³-hybridized carbons (Fsp3) is 0.333. The van der Waals surface area contributed by atoms with Crippen LogP contribution in [-0.4, -0.2) is 28.6 Å². The first-order valence-electron chi connectivity index (χ1n) is 8.11. The number of hydrogen-bond donors (Lipinski definition) is 1. The fourth-order valence-corrected chi connectivity index (χ4v) is 3.92. The average molecular weight is 344 g/mol. The van der Waals surface area contributed by atoms with Crippen LogP contribution in [0, 0.1) is 5.92 Å². The van der Waals surface area contributed by atoms with Crippen molar-refractivity contribution in [1.82, 2.24) is 9.47 Å². The number of fused-ring (bicyclic) bond motifs is 4. The maximum Gasteiger partial charge on any atom is 0.321 e. The molecule has 5 nitrogen and oxygen atoms in total. The monoisotopic (exact) mass is 343 g/mol. The summed E-state index contributed by atoms with van der Waals surface area (Å²) in [6, 6.07) is 12.4. The molecule has 1 aromatic heterocycles. The second-order valence-corrected chi connectivity index (χ2v) is 6.98. The Labute approximate surface area is 144 Å². The molecule has 3 heterocycles. The molecule has 0 aliphatic carbocycles. The van der Waals surface area contributed by atoms with Crippen LogP contribution < -0.4 is 10.9 Å². The van der Waals surface area contributed by atoms with E-state index in [1.165, 1.54) is 0 Å². The predicted octanol–water partition coefficient (Wildman–Crippen LogP) is 3.15. The summed E-state index contributed by atoms with van der Waals surface area (Å²) in [6.07, 6.45) is 1.04. The maximum absolute atomic E-state index is 12.6. The van der Waals surface area contributed by atoms with Gasteiger partial charge in [0.05, 0.1) is 0 Å². The van der Waals surface area contributed by atoms with Gasteiger partial charge in [-0.15, -0.1) is 0 Å². The Hall–Kier alpha value is -2.27. The molecule has 0 saturated carbocycles. The Bertz CT molecular complexity index is 831. The van der Waals surface area contributed by atoms with Crippen LogP contribution in [0.15, 0.2) is 47.3 Å². The van der Waals surface area contributed by atoms with Crippen molar-refractivity contribution in [1.29, 1.82) is 0 Å². The topological polar surface area (TPSA) is 54.3 Å². The van der Waals surface area contributed by atoms with Crippen molar-refractivity contribution in [3.05, 3.63) is 63.5 Å². The average Bonchev–Trinajstić information content (AvgIpc) is 2.58. The van der Waals surface area contributed by atoms with Crippen LogP contribution in [0.4, 0.5) is 10.5 Å². The zero-order valence-electron chi connectivity index (χ0n) is 13.1. The molecule has 24 heavy (non-hydrogen) atoms. The summed E-state index contributed by atoms with van der Waals surface area (Å²) >= 11 is 5.87. The zero-order chi connectivity index (χ0) is 16.7. The van der Waals surface area contributed by atoms with E-state index in [1.807, 2.05) is 15.5 Å². The van der Waals surface area contributed by atoms with E-state index in [-0.39, 0.29) is 17.5 Å². The molecule has 2 aliphatic heterocycles. The number of aromatic nitrogens is 1. The minimum Gasteiger partial charge on any atom is -0.324 e. The van der Waals surface area contributed by atoms with Gasteiger partial charge in [0, 0.05) is 48.0 Å². The highest BCUT2D eigenvalue weighted by Gasteiger charge is 2.36. The molecule has 4 rings (SSSR count). The molecule has 2 amide bonds. The van der Waals surface area contributed by atoms with Crippen molar-refractivity contribution >= 4 is 23.3 Å². The number of carbonyl (C=O) groups is 1. The Morgan fingerprint density at radius 2 is 1.88 bits per heavy atom. The zero-order valence-corrected chi connectivity index (χ0v) is 13.9. The van der Waals surface area contributed by atoms with E-state index in [9.17, 15) is 9.59 Å². The van der Waals surface area contributed by atoms with E-state index in [2.05, 4.69) is 5.32 Å². The van der Waals surface area contributed by atoms with Gasteiger partial charge in [0.25, 0.3) is 5.56 Å². The summed E-state index contributed by atoms with van der Waals surface area (Å²) in [4.78, 5) is 26.5. The number of urea groups is 1. The molecule has 1 N–H and O–H groups in total. The van der Waals surface area contributed by atoms with Crippen molar-refractivity contribution in [2.24, 2.45) is 5.92 Å². The maximum atomic E-state index is 12.6. The van der Waals surface area contributed by atoms with Crippen molar-refractivity contribution in [2.45, 2.75) is 18.9 Å². The Kier molecular flexibility index (Phi) is 3.81. The lowest BCUT2D eigenvalue weighted by atomic mass is 9.83. The number of nitrogens with zero attached hydrogens (tertiary/aromatic N) is 2. The smallest absolute Gasteiger partial charge is 0.321 e. The molecule has 2 atom stereocenters. The predicted molar refractivity (Wildman–Crippen MR) is 93.6 cm³/mol. The molecule has 0 radical (unpaired) electrons. The highest BCUT2D eigenvalue weighted by molar-refractivity contribution is 6.30. The summed E-state index contributed by atoms with van der Waals surface area (Å²) in [5.74, 6) is 0.551. The fourth-order valence-electron chi connectivity index (χ4n) is 3.80. The molecule has 0 spiro atoms. The van der Waals surface area contributed by atoms with Crippen molar-refractivity contribution < 1.29 is 4.79 Å². The van der Waals surface area contributed by atoms with Crippen LogP contribution in [0.2, 0.25) is 5.02 Å². The van der Waals surface area contributed by atoms with E-state index >= 15 is 0 Å². The molecule has 1 aromatic carbocycles. The molecule has 2 aliphatic rings. The molecule has 1 saturated heterocycles. The SMILES string of the molecule is O=C(Nc1ccc(Cl)cc1)N1C[C@H]2C[C@H](C1)c1cccc(=O)n1C2. The number of likely N-dealkylation sites (tertiary alicyclic amines) is 1. The number of anilines is 1. The summed E-state index contributed by atoms with van der Waals surface area (Å²) < 4.78 is 1.87. The Morgan fingerprint density at radius 1 is 1.08 bits per heavy atom. The van der Waals surface area contributed by atoms with Gasteiger partial charge in [-0.3, -0.25) is 4.79 Å². The summed E-state index contributed by atoms with van der Waals surface area (Å²) in [7, 11) is 0. The van der Waals surface area contributed by atoms with E-state index in [0.717, 1.165) is 17.8 Å². The number of benzene rings is 1. The molecule has 2 aromatic rings. The Morgan fingerprint density at radius 3 is 2.67 bits per heavy atom. The van der Waals surface area contributed by atoms with Gasteiger partial charge < -0.3 is 14.8 Å². The van der Waals surface area contributed by atoms with Crippen LogP contribution in [0.3, 0.4) is 0 Å². The first kappa shape index (κ1) is 15.3. The number of rotatable bonds is 1. The normalized spacial score (nSPS) is 22.0. The lowest BCUT2D eigenvalue weighted by Crippen LogP contribution is -2.50. The number of hydrogen-bond acceptors (Lipinski definition) is 2. The summed E-state index contributed by atoms with van der Waals surface area (Å²) in [6.45, 7) is 2.01. The minimum atomic E-state index is -0.0984. The quantitative estimate of drug-likeness (QED) is 0.864. The van der Waals surface area contributed by atoms with Gasteiger partial charge in [0.1, 0.15) is 0 Å². The molecule has 0 unspecified atom stereocenters. The van der Waals surface area contributed by atoms with Crippen LogP contribution in [0.1, 0.15) is 18.0 Å². The van der Waals surface area contributed by atoms with Crippen LogP contribution in [-0.2, 0) is 6.54 Å². The van der Waals surface area contributed by atoms with Crippen molar-refractivity contribution in [3.8, 4) is 0 Å². The largest absolute Gasteiger partial charge is 0.324 e. The molecule has 6 heteroatoms. The van der Waals surface area contributed by atoms with Gasteiger partial charge in [-0.25, -0.2) is 4.79 Å². The van der Waals surface area contributed by atoms with Gasteiger partial charge in [0.15, 0.2) is 0 Å². The minimum absolute atomic E-state index is 0.0567. The molecule has 2 bridgehead atoms. The van der Waals surface area contributed by atoms with E-state index in [1.54, 1.807) is 36.4 Å². The number of pyridine rings is 1. The summed E-state index contributed by atoms with van der Waals surface area (Å²) in [5.41, 5.74) is 1.83. The highest BCUT2D eigenvalue weighted by Crippen LogP contribution is 2.35. The lowest BCUT2D eigenvalue weighted by Gasteiger charge is -2.42. The molecule has 124 valence electrons. The van der Waals surface area contributed by atoms with Crippen LogP contribution in [0.25, 0.3) is 0 Å². The van der Waals surface area contributed by atoms with Crippen molar-refractivity contribution in [3.63, 3.8) is 0 Å². The molecular formula is C18H18ClN3O2. The van der Waals surface area contributed by atoms with Crippen molar-refractivity contribution in [2.75, 3.05) is 18.4 Å². The number of piperidine rings is 1. The second kappa shape index (κ2) is 5.98. The van der Waals surface area contributed by atoms with Gasteiger partial charge in [0.2, 0.25) is 0 Å². The first-order chi connectivity index (χ1) is 11.6. The second-order valence-electron chi connectivity index (χ2n) is 6.54. The third-order valence-corrected chi connectivity index (χ3v) is 5.11. The van der Waals surface area contributed by atoms with Gasteiger partial charge in [-0.1, -0.05) is 17.7 Å². The number of carbonyl (C=O) groups excluding carboxylic acids is 1. The van der Waals surface area contributed by atoms with E-state index in [0.29, 0.717) is 30.6 Å². The summed E-state index contributed by atoms with van der Waals surface area (Å²) in [5, 5.41) is 3.56. The number of amides is 2. The van der Waals surface area contributed by atoms with Gasteiger partial charge in [-0.05, 0) is 42.7 Å². The van der Waals surface area contributed by atoms with Crippen LogP contribution in [0.5, 0.6) is 0 Å². The first-order valence-corrected chi connectivity index (χ1v) is 8.49. The number of halogens is 1. The Balaban J connectivity index is 1.52. The molecular weight excluding hydrogens is 326 g/mol. The van der Waals surface area contributed by atoms with E-state index < -0.39 is 0 Å². The highest BCUT2D eigenvalue weighted by atomic mass is 35.5. The standard InChI is InChI=1S/C18H18ClN3O2/c19-14-4-6-15(7-5-14)20-18(24)21-9-12-8-13(11-21)16-2-1-3-17(23)22(16)10-12/h1-7,12-13H,8-11H2,(H,20,24)/t12-,13-/m1/s1. The van der Waals surface area contributed by atoms with Gasteiger partial charge in [-0.2, -0.15) is 0 Å². The van der Waals surface area contributed by atoms with E-state index in [4.69, 9.17) is 11.6 Å². The third kappa shape index (κ3) is 2.80. The number of nitrogens with one attached hydrogen (secondary N) is 1.